The van der Waals surface area contributed by atoms with Crippen molar-refractivity contribution >= 4 is 46.1 Å². The summed E-state index contributed by atoms with van der Waals surface area (Å²) in [5, 5.41) is 5.13. The zero-order chi connectivity index (χ0) is 18.4. The van der Waals surface area contributed by atoms with Crippen LogP contribution >= 0.6 is 24.4 Å². The number of hydrazine groups is 1. The van der Waals surface area contributed by atoms with Gasteiger partial charge in [0.2, 0.25) is 5.11 Å². The zero-order valence-electron chi connectivity index (χ0n) is 14.4. The van der Waals surface area contributed by atoms with Crippen LogP contribution in [0.3, 0.4) is 0 Å². The molecule has 0 unspecified atom stereocenters. The molecule has 0 aliphatic carbocycles. The number of nitrogens with zero attached hydrogens (tertiary/aromatic N) is 3. The molecule has 0 fully saturated rings. The summed E-state index contributed by atoms with van der Waals surface area (Å²) in [4.78, 5) is 6.31. The van der Waals surface area contributed by atoms with Crippen LogP contribution in [-0.4, -0.2) is 27.5 Å². The van der Waals surface area contributed by atoms with Gasteiger partial charge in [-0.15, -0.1) is 0 Å². The van der Waals surface area contributed by atoms with Crippen LogP contribution in [-0.2, 0) is 6.42 Å². The molecule has 6 nitrogen and oxygen atoms in total. The van der Waals surface area contributed by atoms with Crippen LogP contribution in [0.5, 0.6) is 0 Å². The van der Waals surface area contributed by atoms with Crippen molar-refractivity contribution in [1.29, 1.82) is 0 Å². The monoisotopic (exact) mass is 384 g/mol. The van der Waals surface area contributed by atoms with E-state index in [0.29, 0.717) is 10.2 Å². The number of para-hydroxylation sites is 1. The minimum Gasteiger partial charge on any atom is -0.317 e. The number of hydrogen-bond acceptors (Lipinski definition) is 4. The van der Waals surface area contributed by atoms with Gasteiger partial charge in [-0.25, -0.2) is 0 Å². The molecule has 2 heterocycles. The van der Waals surface area contributed by atoms with Crippen molar-refractivity contribution in [3.8, 4) is 0 Å². The van der Waals surface area contributed by atoms with Crippen molar-refractivity contribution in [2.45, 2.75) is 19.8 Å². The second-order valence-corrected chi connectivity index (χ2v) is 6.59. The Morgan fingerprint density at radius 3 is 2.73 bits per heavy atom. The highest BCUT2D eigenvalue weighted by molar-refractivity contribution is 7.80. The van der Waals surface area contributed by atoms with E-state index >= 15 is 0 Å². The normalized spacial score (nSPS) is 13.6. The Morgan fingerprint density at radius 2 is 1.92 bits per heavy atom. The lowest BCUT2D eigenvalue weighted by molar-refractivity contribution is 0.751. The first-order valence-corrected chi connectivity index (χ1v) is 9.14. The first kappa shape index (κ1) is 18.2. The van der Waals surface area contributed by atoms with Crippen LogP contribution in [0.15, 0.2) is 53.8 Å². The third-order valence-electron chi connectivity index (χ3n) is 4.00. The Bertz CT molecular complexity index is 821. The van der Waals surface area contributed by atoms with Crippen LogP contribution < -0.4 is 21.2 Å². The zero-order valence-corrected chi connectivity index (χ0v) is 16.0. The van der Waals surface area contributed by atoms with E-state index in [1.54, 1.807) is 6.20 Å². The van der Waals surface area contributed by atoms with E-state index in [4.69, 9.17) is 24.4 Å². The van der Waals surface area contributed by atoms with Gasteiger partial charge in [0.25, 0.3) is 0 Å². The summed E-state index contributed by atoms with van der Waals surface area (Å²) in [6, 6.07) is 14.0. The van der Waals surface area contributed by atoms with Crippen LogP contribution in [0.4, 0.5) is 5.69 Å². The van der Waals surface area contributed by atoms with Crippen LogP contribution in [0.25, 0.3) is 0 Å². The van der Waals surface area contributed by atoms with Gasteiger partial charge in [0.15, 0.2) is 5.11 Å². The predicted molar refractivity (Wildman–Crippen MR) is 113 cm³/mol. The Morgan fingerprint density at radius 1 is 1.12 bits per heavy atom. The van der Waals surface area contributed by atoms with E-state index in [9.17, 15) is 0 Å². The molecule has 0 radical (unpaired) electrons. The molecule has 26 heavy (non-hydrogen) atoms. The average molecular weight is 385 g/mol. The Labute approximate surface area is 163 Å². The summed E-state index contributed by atoms with van der Waals surface area (Å²) in [5.41, 5.74) is 12.6. The first-order chi connectivity index (χ1) is 12.6. The minimum absolute atomic E-state index is 0.327. The highest BCUT2D eigenvalue weighted by Crippen LogP contribution is 2.26. The molecule has 1 aliphatic heterocycles. The van der Waals surface area contributed by atoms with Gasteiger partial charge in [0.05, 0.1) is 11.4 Å². The van der Waals surface area contributed by atoms with Crippen molar-refractivity contribution in [2.24, 2.45) is 5.10 Å². The summed E-state index contributed by atoms with van der Waals surface area (Å²) in [6.45, 7) is 2.74. The van der Waals surface area contributed by atoms with Crippen LogP contribution in [0.1, 0.15) is 24.6 Å². The number of fused-ring (bicyclic) bond motifs is 1. The third kappa shape index (κ3) is 4.53. The molecule has 0 amide bonds. The van der Waals surface area contributed by atoms with E-state index in [1.807, 2.05) is 31.2 Å². The topological polar surface area (TPSA) is 64.6 Å². The van der Waals surface area contributed by atoms with Crippen molar-refractivity contribution in [3.05, 3.63) is 59.9 Å². The number of pyridine rings is 1. The maximum atomic E-state index is 5.50. The van der Waals surface area contributed by atoms with Crippen LogP contribution in [0, 0.1) is 0 Å². The second-order valence-electron chi connectivity index (χ2n) is 5.79. The second kappa shape index (κ2) is 8.68. The number of hydrazone groups is 1. The largest absolute Gasteiger partial charge is 0.317 e. The molecular weight excluding hydrogens is 364 g/mol. The number of aryl methyl sites for hydroxylation is 1. The van der Waals surface area contributed by atoms with Gasteiger partial charge >= 0.3 is 0 Å². The number of hydrogen-bond donors (Lipinski definition) is 3. The van der Waals surface area contributed by atoms with Gasteiger partial charge in [-0.3, -0.25) is 21.3 Å². The third-order valence-corrected chi connectivity index (χ3v) is 4.51. The number of thiocarbonyl (C=S) groups is 2. The van der Waals surface area contributed by atoms with Gasteiger partial charge in [0.1, 0.15) is 0 Å². The first-order valence-electron chi connectivity index (χ1n) is 8.32. The molecule has 0 saturated heterocycles. The smallest absolute Gasteiger partial charge is 0.205 e. The molecule has 1 aromatic heterocycles. The van der Waals surface area contributed by atoms with E-state index in [2.05, 4.69) is 49.5 Å². The van der Waals surface area contributed by atoms with Crippen molar-refractivity contribution in [2.75, 3.05) is 11.4 Å². The van der Waals surface area contributed by atoms with Crippen LogP contribution in [0.2, 0.25) is 0 Å². The molecule has 1 aliphatic rings. The summed E-state index contributed by atoms with van der Waals surface area (Å²) in [7, 11) is 0. The lowest BCUT2D eigenvalue weighted by atomic mass is 10.0. The molecule has 0 saturated carbocycles. The lowest BCUT2D eigenvalue weighted by Gasteiger charge is -2.31. The van der Waals surface area contributed by atoms with Crippen molar-refractivity contribution in [3.63, 3.8) is 0 Å². The maximum absolute atomic E-state index is 5.50. The number of nitrogens with one attached hydrogen (secondary N) is 3. The minimum atomic E-state index is 0.327. The van der Waals surface area contributed by atoms with Gasteiger partial charge < -0.3 is 4.90 Å². The number of benzene rings is 1. The Hall–Kier alpha value is -2.58. The quantitative estimate of drug-likeness (QED) is 0.418. The summed E-state index contributed by atoms with van der Waals surface area (Å²) in [5.74, 6) is 0. The molecule has 0 spiro atoms. The van der Waals surface area contributed by atoms with Gasteiger partial charge in [-0.1, -0.05) is 24.3 Å². The molecule has 3 N–H and O–H groups in total. The predicted octanol–water partition coefficient (Wildman–Crippen LogP) is 2.51. The van der Waals surface area contributed by atoms with Crippen molar-refractivity contribution < 1.29 is 0 Å². The molecule has 134 valence electrons. The molecule has 0 atom stereocenters. The molecule has 8 heteroatoms. The number of rotatable bonds is 2. The molecular formula is C18H20N6S2. The van der Waals surface area contributed by atoms with Gasteiger partial charge in [-0.2, -0.15) is 5.10 Å². The highest BCUT2D eigenvalue weighted by atomic mass is 32.1. The Kier molecular flexibility index (Phi) is 6.08. The fraction of sp³-hybridized carbons (Fsp3) is 0.222. The SMILES string of the molecule is C/C(=N/NC(=S)NNC(=S)N1CCCc2ccccc21)c1ccccn1. The van der Waals surface area contributed by atoms with E-state index in [1.165, 1.54) is 5.56 Å². The fourth-order valence-electron chi connectivity index (χ4n) is 2.72. The number of anilines is 1. The van der Waals surface area contributed by atoms with E-state index < -0.39 is 0 Å². The highest BCUT2D eigenvalue weighted by Gasteiger charge is 2.19. The fourth-order valence-corrected chi connectivity index (χ4v) is 3.06. The van der Waals surface area contributed by atoms with E-state index in [0.717, 1.165) is 36.5 Å². The standard InChI is InChI=1S/C18H20N6S2/c1-13(15-9-4-5-11-19-15)20-21-17(25)22-23-18(26)24-12-6-8-14-7-2-3-10-16(14)24/h2-5,7,9-11H,6,8,12H2,1H3,(H,23,26)(H2,21,22,25)/b20-13-. The molecule has 3 rings (SSSR count). The summed E-state index contributed by atoms with van der Waals surface area (Å²) < 4.78 is 0. The Balaban J connectivity index is 1.53. The summed E-state index contributed by atoms with van der Waals surface area (Å²) in [6.07, 6.45) is 3.86. The summed E-state index contributed by atoms with van der Waals surface area (Å²) >= 11 is 10.7. The molecule has 2 aromatic rings. The van der Waals surface area contributed by atoms with E-state index in [-0.39, 0.29) is 0 Å². The average Bonchev–Trinajstić information content (AvgIpc) is 2.70. The lowest BCUT2D eigenvalue weighted by Crippen LogP contribution is -2.52. The molecule has 1 aromatic carbocycles. The molecule has 0 bridgehead atoms. The van der Waals surface area contributed by atoms with Gasteiger partial charge in [-0.05, 0) is 68.0 Å². The number of aromatic nitrogens is 1. The van der Waals surface area contributed by atoms with Crippen molar-refractivity contribution in [1.82, 2.24) is 21.3 Å². The van der Waals surface area contributed by atoms with Gasteiger partial charge in [0, 0.05) is 18.4 Å². The maximum Gasteiger partial charge on any atom is 0.205 e.